The Labute approximate surface area is 134 Å². The molecule has 0 spiro atoms. The number of hydrogen-bond acceptors (Lipinski definition) is 5. The molecule has 1 aromatic carbocycles. The Hall–Kier alpha value is -2.96. The van der Waals surface area contributed by atoms with Gasteiger partial charge in [-0.25, -0.2) is 4.98 Å². The van der Waals surface area contributed by atoms with E-state index >= 15 is 0 Å². The van der Waals surface area contributed by atoms with Gasteiger partial charge in [0.2, 0.25) is 5.91 Å². The van der Waals surface area contributed by atoms with Crippen molar-refractivity contribution >= 4 is 11.8 Å². The Morgan fingerprint density at radius 2 is 1.87 bits per heavy atom. The fraction of sp³-hybridized carbons (Fsp3) is 0.250. The van der Waals surface area contributed by atoms with Crippen molar-refractivity contribution in [2.75, 3.05) is 13.7 Å². The van der Waals surface area contributed by atoms with Crippen molar-refractivity contribution < 1.29 is 14.3 Å². The summed E-state index contributed by atoms with van der Waals surface area (Å²) >= 11 is 0. The number of hydrogen-bond donors (Lipinski definition) is 2. The van der Waals surface area contributed by atoms with Gasteiger partial charge >= 0.3 is 6.01 Å². The van der Waals surface area contributed by atoms with E-state index in [0.29, 0.717) is 11.3 Å². The minimum absolute atomic E-state index is 0.102. The predicted octanol–water partition coefficient (Wildman–Crippen LogP) is 0.840. The lowest BCUT2D eigenvalue weighted by Crippen LogP contribution is -2.36. The molecule has 0 saturated heterocycles. The largest absolute Gasteiger partial charge is 0.467 e. The van der Waals surface area contributed by atoms with Gasteiger partial charge < -0.3 is 15.4 Å². The molecular formula is C16H18N4O3. The molecule has 0 saturated carbocycles. The zero-order valence-corrected chi connectivity index (χ0v) is 13.0. The Balaban J connectivity index is 1.78. The first-order chi connectivity index (χ1) is 11.1. The number of carbonyl (C=O) groups is 2. The lowest BCUT2D eigenvalue weighted by atomic mass is 10.1. The van der Waals surface area contributed by atoms with Gasteiger partial charge in [0, 0.05) is 11.8 Å². The number of rotatable bonds is 6. The van der Waals surface area contributed by atoms with Crippen LogP contribution in [0.15, 0.2) is 36.5 Å². The van der Waals surface area contributed by atoms with E-state index in [0.717, 1.165) is 5.56 Å². The number of ether oxygens (including phenoxy) is 1. The van der Waals surface area contributed by atoms with Crippen LogP contribution < -0.4 is 15.4 Å². The highest BCUT2D eigenvalue weighted by atomic mass is 16.5. The molecule has 0 radical (unpaired) electrons. The minimum Gasteiger partial charge on any atom is -0.467 e. The maximum Gasteiger partial charge on any atom is 0.316 e. The number of amides is 2. The Bertz CT molecular complexity index is 686. The van der Waals surface area contributed by atoms with Gasteiger partial charge in [0.1, 0.15) is 0 Å². The van der Waals surface area contributed by atoms with Gasteiger partial charge in [0.25, 0.3) is 5.91 Å². The minimum atomic E-state index is -0.303. The van der Waals surface area contributed by atoms with E-state index < -0.39 is 0 Å². The average Bonchev–Trinajstić information content (AvgIpc) is 2.58. The third kappa shape index (κ3) is 5.06. The third-order valence-electron chi connectivity index (χ3n) is 3.06. The summed E-state index contributed by atoms with van der Waals surface area (Å²) in [5, 5.41) is 5.24. The Kier molecular flexibility index (Phi) is 5.62. The highest BCUT2D eigenvalue weighted by Crippen LogP contribution is 2.03. The van der Waals surface area contributed by atoms with Crippen LogP contribution in [0, 0.1) is 6.92 Å². The molecule has 0 bridgehead atoms. The van der Waals surface area contributed by atoms with Crippen LogP contribution in [0.25, 0.3) is 0 Å². The second-order valence-corrected chi connectivity index (χ2v) is 4.86. The van der Waals surface area contributed by atoms with Crippen molar-refractivity contribution in [2.45, 2.75) is 13.5 Å². The normalized spacial score (nSPS) is 10.0. The highest BCUT2D eigenvalue weighted by molar-refractivity contribution is 5.96. The van der Waals surface area contributed by atoms with Crippen molar-refractivity contribution in [1.82, 2.24) is 20.6 Å². The van der Waals surface area contributed by atoms with Crippen molar-refractivity contribution in [3.8, 4) is 6.01 Å². The van der Waals surface area contributed by atoms with E-state index in [-0.39, 0.29) is 30.9 Å². The lowest BCUT2D eigenvalue weighted by molar-refractivity contribution is -0.120. The number of methoxy groups -OCH3 is 1. The predicted molar refractivity (Wildman–Crippen MR) is 83.9 cm³/mol. The second kappa shape index (κ2) is 7.88. The van der Waals surface area contributed by atoms with Crippen LogP contribution in [-0.2, 0) is 11.3 Å². The standard InChI is InChI=1S/C16H18N4O3/c1-11-3-5-12(6-4-11)15(22)19-10-14(21)18-9-13-7-8-17-16(20-13)23-2/h3-8H,9-10H2,1-2H3,(H,18,21)(H,19,22). The number of aryl methyl sites for hydroxylation is 1. The van der Waals surface area contributed by atoms with Gasteiger partial charge in [0.15, 0.2) is 0 Å². The van der Waals surface area contributed by atoms with Crippen LogP contribution in [0.4, 0.5) is 0 Å². The summed E-state index contributed by atoms with van der Waals surface area (Å²) in [6.45, 7) is 2.07. The van der Waals surface area contributed by atoms with Crippen molar-refractivity contribution in [1.29, 1.82) is 0 Å². The van der Waals surface area contributed by atoms with Gasteiger partial charge in [-0.2, -0.15) is 4.98 Å². The summed E-state index contributed by atoms with van der Waals surface area (Å²) in [7, 11) is 1.47. The smallest absolute Gasteiger partial charge is 0.316 e. The molecule has 120 valence electrons. The molecule has 0 unspecified atom stereocenters. The van der Waals surface area contributed by atoms with Crippen LogP contribution in [0.5, 0.6) is 6.01 Å². The first kappa shape index (κ1) is 16.4. The molecule has 0 atom stereocenters. The number of nitrogens with one attached hydrogen (secondary N) is 2. The van der Waals surface area contributed by atoms with Gasteiger partial charge in [-0.15, -0.1) is 0 Å². The molecular weight excluding hydrogens is 296 g/mol. The molecule has 23 heavy (non-hydrogen) atoms. The van der Waals surface area contributed by atoms with Gasteiger partial charge in [-0.3, -0.25) is 9.59 Å². The maximum atomic E-state index is 11.9. The van der Waals surface area contributed by atoms with Crippen LogP contribution in [-0.4, -0.2) is 35.4 Å². The van der Waals surface area contributed by atoms with E-state index in [2.05, 4.69) is 20.6 Å². The van der Waals surface area contributed by atoms with E-state index in [4.69, 9.17) is 4.74 Å². The van der Waals surface area contributed by atoms with Crippen LogP contribution >= 0.6 is 0 Å². The summed E-state index contributed by atoms with van der Waals surface area (Å²) in [5.41, 5.74) is 2.21. The number of carbonyl (C=O) groups excluding carboxylic acids is 2. The van der Waals surface area contributed by atoms with E-state index in [1.165, 1.54) is 7.11 Å². The van der Waals surface area contributed by atoms with Crippen molar-refractivity contribution in [2.24, 2.45) is 0 Å². The molecule has 2 rings (SSSR count). The number of benzene rings is 1. The maximum absolute atomic E-state index is 11.9. The third-order valence-corrected chi connectivity index (χ3v) is 3.06. The summed E-state index contributed by atoms with van der Waals surface area (Å²) < 4.78 is 4.91. The molecule has 0 aliphatic carbocycles. The number of aromatic nitrogens is 2. The molecule has 1 heterocycles. The molecule has 7 heteroatoms. The zero-order valence-electron chi connectivity index (χ0n) is 13.0. The molecule has 0 fully saturated rings. The van der Waals surface area contributed by atoms with Crippen LogP contribution in [0.1, 0.15) is 21.6 Å². The summed E-state index contributed by atoms with van der Waals surface area (Å²) in [6, 6.07) is 9.04. The fourth-order valence-corrected chi connectivity index (χ4v) is 1.79. The highest BCUT2D eigenvalue weighted by Gasteiger charge is 2.08. The van der Waals surface area contributed by atoms with E-state index in [1.807, 2.05) is 19.1 Å². The zero-order chi connectivity index (χ0) is 16.7. The summed E-state index contributed by atoms with van der Waals surface area (Å²) in [5.74, 6) is -0.591. The van der Waals surface area contributed by atoms with Crippen LogP contribution in [0.3, 0.4) is 0 Å². The first-order valence-corrected chi connectivity index (χ1v) is 7.06. The summed E-state index contributed by atoms with van der Waals surface area (Å²) in [4.78, 5) is 31.6. The van der Waals surface area contributed by atoms with Gasteiger partial charge in [-0.1, -0.05) is 17.7 Å². The van der Waals surface area contributed by atoms with Gasteiger partial charge in [0.05, 0.1) is 25.9 Å². The quantitative estimate of drug-likeness (QED) is 0.824. The number of nitrogens with zero attached hydrogens (tertiary/aromatic N) is 2. The van der Waals surface area contributed by atoms with Crippen molar-refractivity contribution in [3.63, 3.8) is 0 Å². The van der Waals surface area contributed by atoms with Crippen LogP contribution in [0.2, 0.25) is 0 Å². The van der Waals surface area contributed by atoms with Gasteiger partial charge in [-0.05, 0) is 25.1 Å². The second-order valence-electron chi connectivity index (χ2n) is 4.86. The molecule has 0 aliphatic rings. The molecule has 2 N–H and O–H groups in total. The molecule has 1 aromatic heterocycles. The van der Waals surface area contributed by atoms with E-state index in [1.54, 1.807) is 24.4 Å². The lowest BCUT2D eigenvalue weighted by Gasteiger charge is -2.07. The SMILES string of the molecule is COc1nccc(CNC(=O)CNC(=O)c2ccc(C)cc2)n1. The Morgan fingerprint density at radius 3 is 2.57 bits per heavy atom. The van der Waals surface area contributed by atoms with Crippen molar-refractivity contribution in [3.05, 3.63) is 53.3 Å². The topological polar surface area (TPSA) is 93.2 Å². The Morgan fingerprint density at radius 1 is 1.13 bits per heavy atom. The first-order valence-electron chi connectivity index (χ1n) is 7.06. The fourth-order valence-electron chi connectivity index (χ4n) is 1.79. The molecule has 2 amide bonds. The molecule has 7 nitrogen and oxygen atoms in total. The molecule has 0 aliphatic heterocycles. The molecule has 2 aromatic rings. The van der Waals surface area contributed by atoms with E-state index in [9.17, 15) is 9.59 Å². The summed E-state index contributed by atoms with van der Waals surface area (Å²) in [6.07, 6.45) is 1.55. The average molecular weight is 314 g/mol. The monoisotopic (exact) mass is 314 g/mol.